The Morgan fingerprint density at radius 1 is 1.14 bits per heavy atom. The van der Waals surface area contributed by atoms with Gasteiger partial charge < -0.3 is 10.2 Å². The first kappa shape index (κ1) is 19.1. The zero-order chi connectivity index (χ0) is 20.4. The van der Waals surface area contributed by atoms with Gasteiger partial charge in [0, 0.05) is 37.3 Å². The first-order chi connectivity index (χ1) is 13.9. The molecule has 0 radical (unpaired) electrons. The maximum absolute atomic E-state index is 12.8. The number of benzene rings is 2. The lowest BCUT2D eigenvalue weighted by atomic mass is 10.1. The third kappa shape index (κ3) is 3.97. The molecule has 0 unspecified atom stereocenters. The first-order valence-corrected chi connectivity index (χ1v) is 10.7. The van der Waals surface area contributed by atoms with Gasteiger partial charge in [-0.3, -0.25) is 9.78 Å². The molecule has 1 saturated heterocycles. The molecule has 8 heteroatoms. The molecule has 29 heavy (non-hydrogen) atoms. The number of carbonyl (C=O) groups excluding carboxylic acids is 1. The molecule has 1 amide bonds. The summed E-state index contributed by atoms with van der Waals surface area (Å²) < 4.78 is 29.3. The van der Waals surface area contributed by atoms with Crippen LogP contribution < -0.4 is 5.32 Å². The lowest BCUT2D eigenvalue weighted by Crippen LogP contribution is -2.20. The number of nitrogens with zero attached hydrogens (tertiary/aromatic N) is 3. The van der Waals surface area contributed by atoms with Crippen LogP contribution in [0.2, 0.25) is 0 Å². The van der Waals surface area contributed by atoms with E-state index >= 15 is 0 Å². The summed E-state index contributed by atoms with van der Waals surface area (Å²) >= 11 is 0. The van der Waals surface area contributed by atoms with Crippen molar-refractivity contribution >= 4 is 38.4 Å². The van der Waals surface area contributed by atoms with Crippen LogP contribution in [0, 0.1) is 0 Å². The van der Waals surface area contributed by atoms with Gasteiger partial charge in [-0.1, -0.05) is 24.3 Å². The second-order valence-electron chi connectivity index (χ2n) is 6.87. The molecular formula is C21H20N4O3S. The zero-order valence-electron chi connectivity index (χ0n) is 15.9. The zero-order valence-corrected chi connectivity index (χ0v) is 16.7. The molecule has 3 aromatic rings. The van der Waals surface area contributed by atoms with Crippen LogP contribution in [-0.4, -0.2) is 43.6 Å². The number of pyridine rings is 1. The number of amides is 1. The van der Waals surface area contributed by atoms with E-state index in [1.165, 1.54) is 12.1 Å². The van der Waals surface area contributed by atoms with Crippen LogP contribution in [0.1, 0.15) is 23.2 Å². The van der Waals surface area contributed by atoms with Crippen molar-refractivity contribution in [1.82, 2.24) is 9.88 Å². The number of likely N-dealkylation sites (tertiary alicyclic amines) is 1. The summed E-state index contributed by atoms with van der Waals surface area (Å²) in [6.45, 7) is 0.795. The molecule has 7 nitrogen and oxygen atoms in total. The Morgan fingerprint density at radius 3 is 2.72 bits per heavy atom. The minimum atomic E-state index is -3.85. The summed E-state index contributed by atoms with van der Waals surface area (Å²) in [5.74, 6) is 0.201. The van der Waals surface area contributed by atoms with E-state index < -0.39 is 10.0 Å². The maximum atomic E-state index is 12.8. The van der Waals surface area contributed by atoms with Crippen molar-refractivity contribution < 1.29 is 13.2 Å². The number of sulfonamides is 1. The van der Waals surface area contributed by atoms with Gasteiger partial charge in [-0.05, 0) is 36.8 Å². The monoisotopic (exact) mass is 408 g/mol. The summed E-state index contributed by atoms with van der Waals surface area (Å²) in [6.07, 6.45) is 3.16. The average Bonchev–Trinajstić information content (AvgIpc) is 3.11. The van der Waals surface area contributed by atoms with Gasteiger partial charge in [0.05, 0.1) is 16.0 Å². The van der Waals surface area contributed by atoms with E-state index in [2.05, 4.69) is 14.7 Å². The van der Waals surface area contributed by atoms with Crippen LogP contribution in [0.15, 0.2) is 70.1 Å². The van der Waals surface area contributed by atoms with Crippen LogP contribution in [0.5, 0.6) is 0 Å². The summed E-state index contributed by atoms with van der Waals surface area (Å²) in [6, 6.07) is 15.2. The smallest absolute Gasteiger partial charge is 0.284 e. The normalized spacial score (nSPS) is 15.8. The van der Waals surface area contributed by atoms with Gasteiger partial charge in [-0.2, -0.15) is 8.42 Å². The van der Waals surface area contributed by atoms with Crippen molar-refractivity contribution in [2.75, 3.05) is 18.9 Å². The SMILES string of the molecule is CN1CCC/C1=N\S(=O)(=O)c1cccc(NC(=O)c2cccc3cccnc23)c1. The number of aromatic nitrogens is 1. The third-order valence-corrected chi connectivity index (χ3v) is 6.13. The van der Waals surface area contributed by atoms with Crippen molar-refractivity contribution in [1.29, 1.82) is 0 Å². The molecule has 0 bridgehead atoms. The van der Waals surface area contributed by atoms with Crippen molar-refractivity contribution in [3.63, 3.8) is 0 Å². The quantitative estimate of drug-likeness (QED) is 0.715. The number of rotatable bonds is 4. The molecule has 1 aromatic heterocycles. The number of hydrogen-bond donors (Lipinski definition) is 1. The summed E-state index contributed by atoms with van der Waals surface area (Å²) in [5.41, 5.74) is 1.39. The molecular weight excluding hydrogens is 388 g/mol. The molecule has 148 valence electrons. The van der Waals surface area contributed by atoms with Crippen LogP contribution in [-0.2, 0) is 10.0 Å². The fourth-order valence-corrected chi connectivity index (χ4v) is 4.46. The number of nitrogens with one attached hydrogen (secondary N) is 1. The Morgan fingerprint density at radius 2 is 1.93 bits per heavy atom. The van der Waals surface area contributed by atoms with Gasteiger partial charge in [0.1, 0.15) is 5.84 Å². The van der Waals surface area contributed by atoms with Gasteiger partial charge >= 0.3 is 0 Å². The van der Waals surface area contributed by atoms with Crippen molar-refractivity contribution in [2.24, 2.45) is 4.40 Å². The Bertz CT molecular complexity index is 1220. The number of anilines is 1. The molecule has 0 spiro atoms. The van der Waals surface area contributed by atoms with Crippen LogP contribution >= 0.6 is 0 Å². The number of hydrogen-bond acceptors (Lipinski definition) is 4. The van der Waals surface area contributed by atoms with Crippen molar-refractivity contribution in [3.8, 4) is 0 Å². The number of amidine groups is 1. The summed E-state index contributed by atoms with van der Waals surface area (Å²) in [5, 5.41) is 3.62. The fraction of sp³-hybridized carbons (Fsp3) is 0.190. The topological polar surface area (TPSA) is 91.7 Å². The Hall–Kier alpha value is -3.26. The minimum absolute atomic E-state index is 0.0409. The standard InChI is InChI=1S/C21H20N4O3S/c1-25-13-5-11-19(25)24-29(27,28)17-9-3-8-16(14-17)23-21(26)18-10-2-6-15-7-4-12-22-20(15)18/h2-4,6-10,12,14H,5,11,13H2,1H3,(H,23,26)/b24-19+. The van der Waals surface area contributed by atoms with E-state index in [1.807, 2.05) is 30.1 Å². The van der Waals surface area contributed by atoms with Gasteiger partial charge in [-0.15, -0.1) is 4.40 Å². The Balaban J connectivity index is 1.61. The van der Waals surface area contributed by atoms with Gasteiger partial charge in [0.25, 0.3) is 15.9 Å². The largest absolute Gasteiger partial charge is 0.362 e. The van der Waals surface area contributed by atoms with Gasteiger partial charge in [0.15, 0.2) is 0 Å². The number of para-hydroxylation sites is 1. The molecule has 2 heterocycles. The van der Waals surface area contributed by atoms with Gasteiger partial charge in [0.2, 0.25) is 0 Å². The molecule has 4 rings (SSSR count). The lowest BCUT2D eigenvalue weighted by Gasteiger charge is -2.11. The Labute approximate surface area is 169 Å². The third-order valence-electron chi connectivity index (χ3n) is 4.83. The highest BCUT2D eigenvalue weighted by atomic mass is 32.2. The maximum Gasteiger partial charge on any atom is 0.284 e. The fourth-order valence-electron chi connectivity index (χ4n) is 3.32. The lowest BCUT2D eigenvalue weighted by molar-refractivity contribution is 0.102. The predicted molar refractivity (Wildman–Crippen MR) is 113 cm³/mol. The molecule has 0 atom stereocenters. The van der Waals surface area contributed by atoms with E-state index in [4.69, 9.17) is 0 Å². The highest BCUT2D eigenvalue weighted by Gasteiger charge is 2.21. The van der Waals surface area contributed by atoms with Crippen LogP contribution in [0.4, 0.5) is 5.69 Å². The molecule has 1 aliphatic heterocycles. The van der Waals surface area contributed by atoms with E-state index in [0.717, 1.165) is 18.4 Å². The summed E-state index contributed by atoms with van der Waals surface area (Å²) in [7, 11) is -2.02. The molecule has 1 aliphatic rings. The number of carbonyl (C=O) groups is 1. The molecule has 0 saturated carbocycles. The second kappa shape index (κ2) is 7.63. The average molecular weight is 408 g/mol. The summed E-state index contributed by atoms with van der Waals surface area (Å²) in [4.78, 5) is 18.9. The number of fused-ring (bicyclic) bond motifs is 1. The molecule has 1 N–H and O–H groups in total. The van der Waals surface area contributed by atoms with Crippen LogP contribution in [0.25, 0.3) is 10.9 Å². The molecule has 0 aliphatic carbocycles. The van der Waals surface area contributed by atoms with Crippen LogP contribution in [0.3, 0.4) is 0 Å². The molecule has 1 fully saturated rings. The minimum Gasteiger partial charge on any atom is -0.362 e. The van der Waals surface area contributed by atoms with Crippen molar-refractivity contribution in [3.05, 3.63) is 66.4 Å². The second-order valence-corrected chi connectivity index (χ2v) is 8.47. The van der Waals surface area contributed by atoms with E-state index in [0.29, 0.717) is 29.0 Å². The molecule has 2 aromatic carbocycles. The Kier molecular flexibility index (Phi) is 5.02. The first-order valence-electron chi connectivity index (χ1n) is 9.24. The van der Waals surface area contributed by atoms with E-state index in [-0.39, 0.29) is 10.8 Å². The predicted octanol–water partition coefficient (Wildman–Crippen LogP) is 3.30. The van der Waals surface area contributed by atoms with E-state index in [1.54, 1.807) is 30.5 Å². The van der Waals surface area contributed by atoms with Crippen molar-refractivity contribution in [2.45, 2.75) is 17.7 Å². The van der Waals surface area contributed by atoms with Gasteiger partial charge in [-0.25, -0.2) is 0 Å². The highest BCUT2D eigenvalue weighted by Crippen LogP contribution is 2.22. The van der Waals surface area contributed by atoms with E-state index in [9.17, 15) is 13.2 Å². The highest BCUT2D eigenvalue weighted by molar-refractivity contribution is 7.90.